The van der Waals surface area contributed by atoms with E-state index >= 15 is 0 Å². The Kier molecular flexibility index (Phi) is 6.90. The zero-order valence-corrected chi connectivity index (χ0v) is 11.8. The number of ether oxygens (including phenoxy) is 1. The average molecular weight is 254 g/mol. The molecule has 0 saturated carbocycles. The van der Waals surface area contributed by atoms with Crippen molar-refractivity contribution >= 4 is 0 Å². The molecule has 0 saturated heterocycles. The quantitative estimate of drug-likeness (QED) is 0.729. The zero-order valence-electron chi connectivity index (χ0n) is 11.8. The summed E-state index contributed by atoms with van der Waals surface area (Å²) in [6.45, 7) is 7.90. The van der Waals surface area contributed by atoms with Crippen molar-refractivity contribution < 1.29 is 4.74 Å². The minimum absolute atomic E-state index is 0.00953. The van der Waals surface area contributed by atoms with Gasteiger partial charge in [0.25, 0.3) is 0 Å². The molecular weight excluding hydrogens is 228 g/mol. The summed E-state index contributed by atoms with van der Waals surface area (Å²) in [5, 5.41) is 4.22. The molecule has 0 aliphatic rings. The predicted molar refractivity (Wildman–Crippen MR) is 72.3 cm³/mol. The Morgan fingerprint density at radius 1 is 1.33 bits per heavy atom. The molecule has 0 bridgehead atoms. The van der Waals surface area contributed by atoms with E-state index in [1.807, 2.05) is 11.6 Å². The number of rotatable bonds is 9. The Hall–Kier alpha value is -0.940. The summed E-state index contributed by atoms with van der Waals surface area (Å²) < 4.78 is 7.65. The van der Waals surface area contributed by atoms with Crippen molar-refractivity contribution in [3.8, 4) is 0 Å². The standard InChI is InChI=1S/C13H26N4O/c1-4-7-12(18-6-3)11(14)9-13-15-10-16-17(13)8-5-2/h10-12H,4-9,14H2,1-3H3. The van der Waals surface area contributed by atoms with E-state index in [-0.39, 0.29) is 12.1 Å². The number of aromatic nitrogens is 3. The third kappa shape index (κ3) is 4.38. The molecule has 18 heavy (non-hydrogen) atoms. The number of hydrogen-bond acceptors (Lipinski definition) is 4. The molecule has 0 aliphatic heterocycles. The maximum Gasteiger partial charge on any atom is 0.138 e. The van der Waals surface area contributed by atoms with Gasteiger partial charge in [-0.1, -0.05) is 20.3 Å². The van der Waals surface area contributed by atoms with Gasteiger partial charge in [0.15, 0.2) is 0 Å². The SMILES string of the molecule is CCCC(OCC)C(N)Cc1ncnn1CCC. The number of aryl methyl sites for hydroxylation is 1. The highest BCUT2D eigenvalue weighted by molar-refractivity contribution is 4.91. The smallest absolute Gasteiger partial charge is 0.138 e. The fraction of sp³-hybridized carbons (Fsp3) is 0.846. The monoisotopic (exact) mass is 254 g/mol. The molecule has 1 rings (SSSR count). The van der Waals surface area contributed by atoms with Crippen LogP contribution in [0, 0.1) is 0 Å². The minimum atomic E-state index is -0.00953. The Labute approximate surface area is 110 Å². The van der Waals surface area contributed by atoms with Crippen LogP contribution in [0.15, 0.2) is 6.33 Å². The number of nitrogens with two attached hydrogens (primary N) is 1. The van der Waals surface area contributed by atoms with Crippen LogP contribution in [0.1, 0.15) is 45.9 Å². The zero-order chi connectivity index (χ0) is 13.4. The van der Waals surface area contributed by atoms with Crippen molar-refractivity contribution in [2.45, 2.75) is 65.1 Å². The first-order valence-corrected chi connectivity index (χ1v) is 6.96. The molecule has 0 aliphatic carbocycles. The summed E-state index contributed by atoms with van der Waals surface area (Å²) in [6.07, 6.45) is 5.58. The largest absolute Gasteiger partial charge is 0.377 e. The van der Waals surface area contributed by atoms with Crippen molar-refractivity contribution in [2.24, 2.45) is 5.73 Å². The fourth-order valence-electron chi connectivity index (χ4n) is 2.11. The molecule has 1 aromatic heterocycles. The van der Waals surface area contributed by atoms with Gasteiger partial charge in [0.1, 0.15) is 12.2 Å². The molecule has 0 aromatic carbocycles. The van der Waals surface area contributed by atoms with Crippen LogP contribution in [0.25, 0.3) is 0 Å². The van der Waals surface area contributed by atoms with Crippen LogP contribution in [0.5, 0.6) is 0 Å². The van der Waals surface area contributed by atoms with Gasteiger partial charge in [0.2, 0.25) is 0 Å². The van der Waals surface area contributed by atoms with Crippen LogP contribution in [0.3, 0.4) is 0 Å². The first-order valence-electron chi connectivity index (χ1n) is 6.96. The first-order chi connectivity index (χ1) is 8.72. The van der Waals surface area contributed by atoms with Gasteiger partial charge in [-0.05, 0) is 19.8 Å². The topological polar surface area (TPSA) is 66.0 Å². The van der Waals surface area contributed by atoms with Gasteiger partial charge in [-0.25, -0.2) is 4.98 Å². The first kappa shape index (κ1) is 15.1. The van der Waals surface area contributed by atoms with Gasteiger partial charge in [0, 0.05) is 25.6 Å². The third-order valence-corrected chi connectivity index (χ3v) is 2.98. The molecule has 5 nitrogen and oxygen atoms in total. The van der Waals surface area contributed by atoms with E-state index < -0.39 is 0 Å². The van der Waals surface area contributed by atoms with E-state index in [4.69, 9.17) is 10.5 Å². The molecule has 5 heteroatoms. The lowest BCUT2D eigenvalue weighted by Crippen LogP contribution is -2.39. The molecule has 2 unspecified atom stereocenters. The molecule has 0 radical (unpaired) electrons. The highest BCUT2D eigenvalue weighted by atomic mass is 16.5. The van der Waals surface area contributed by atoms with E-state index in [2.05, 4.69) is 23.9 Å². The summed E-state index contributed by atoms with van der Waals surface area (Å²) in [4.78, 5) is 4.29. The highest BCUT2D eigenvalue weighted by Crippen LogP contribution is 2.10. The van der Waals surface area contributed by atoms with E-state index in [9.17, 15) is 0 Å². The number of nitrogens with zero attached hydrogens (tertiary/aromatic N) is 3. The lowest BCUT2D eigenvalue weighted by Gasteiger charge is -2.23. The van der Waals surface area contributed by atoms with Gasteiger partial charge in [-0.15, -0.1) is 0 Å². The maximum atomic E-state index is 6.24. The van der Waals surface area contributed by atoms with E-state index in [0.717, 1.165) is 38.1 Å². The van der Waals surface area contributed by atoms with Crippen molar-refractivity contribution in [3.05, 3.63) is 12.2 Å². The van der Waals surface area contributed by atoms with Gasteiger partial charge < -0.3 is 10.5 Å². The second-order valence-corrected chi connectivity index (χ2v) is 4.55. The molecule has 0 fully saturated rings. The summed E-state index contributed by atoms with van der Waals surface area (Å²) >= 11 is 0. The van der Waals surface area contributed by atoms with Crippen LogP contribution in [0.2, 0.25) is 0 Å². The summed E-state index contributed by atoms with van der Waals surface area (Å²) in [6, 6.07) is -0.00953. The second kappa shape index (κ2) is 8.21. The molecule has 2 N–H and O–H groups in total. The molecule has 0 amide bonds. The van der Waals surface area contributed by atoms with Crippen LogP contribution in [-0.2, 0) is 17.7 Å². The lowest BCUT2D eigenvalue weighted by atomic mass is 10.0. The summed E-state index contributed by atoms with van der Waals surface area (Å²) in [5.41, 5.74) is 6.24. The molecule has 104 valence electrons. The van der Waals surface area contributed by atoms with Crippen LogP contribution < -0.4 is 5.73 Å². The molecular formula is C13H26N4O. The Balaban J connectivity index is 2.60. The fourth-order valence-corrected chi connectivity index (χ4v) is 2.11. The second-order valence-electron chi connectivity index (χ2n) is 4.55. The Morgan fingerprint density at radius 3 is 2.72 bits per heavy atom. The molecule has 0 spiro atoms. The van der Waals surface area contributed by atoms with Crippen LogP contribution >= 0.6 is 0 Å². The van der Waals surface area contributed by atoms with Gasteiger partial charge in [-0.2, -0.15) is 5.10 Å². The summed E-state index contributed by atoms with van der Waals surface area (Å²) in [5.74, 6) is 0.963. The predicted octanol–water partition coefficient (Wildman–Crippen LogP) is 1.76. The molecule has 1 heterocycles. The molecule has 1 aromatic rings. The van der Waals surface area contributed by atoms with E-state index in [1.54, 1.807) is 6.33 Å². The van der Waals surface area contributed by atoms with Crippen molar-refractivity contribution in [1.82, 2.24) is 14.8 Å². The lowest BCUT2D eigenvalue weighted by molar-refractivity contribution is 0.0372. The minimum Gasteiger partial charge on any atom is -0.377 e. The maximum absolute atomic E-state index is 6.24. The third-order valence-electron chi connectivity index (χ3n) is 2.98. The van der Waals surface area contributed by atoms with Crippen molar-refractivity contribution in [2.75, 3.05) is 6.61 Å². The summed E-state index contributed by atoms with van der Waals surface area (Å²) in [7, 11) is 0. The highest BCUT2D eigenvalue weighted by Gasteiger charge is 2.19. The van der Waals surface area contributed by atoms with Gasteiger partial charge >= 0.3 is 0 Å². The molecule has 2 atom stereocenters. The Bertz CT molecular complexity index is 321. The average Bonchev–Trinajstić information content (AvgIpc) is 2.77. The number of hydrogen-bond donors (Lipinski definition) is 1. The van der Waals surface area contributed by atoms with Crippen LogP contribution in [-0.4, -0.2) is 33.5 Å². The van der Waals surface area contributed by atoms with Crippen molar-refractivity contribution in [3.63, 3.8) is 0 Å². The Morgan fingerprint density at radius 2 is 2.11 bits per heavy atom. The van der Waals surface area contributed by atoms with Crippen LogP contribution in [0.4, 0.5) is 0 Å². The normalized spacial score (nSPS) is 14.7. The van der Waals surface area contributed by atoms with E-state index in [0.29, 0.717) is 6.61 Å². The van der Waals surface area contributed by atoms with Crippen molar-refractivity contribution in [1.29, 1.82) is 0 Å². The van der Waals surface area contributed by atoms with E-state index in [1.165, 1.54) is 0 Å². The van der Waals surface area contributed by atoms with Gasteiger partial charge in [0.05, 0.1) is 6.10 Å². The van der Waals surface area contributed by atoms with Gasteiger partial charge in [-0.3, -0.25) is 4.68 Å².